The Morgan fingerprint density at radius 2 is 2.00 bits per heavy atom. The maximum Gasteiger partial charge on any atom is 0.257 e. The number of anilines is 1. The van der Waals surface area contributed by atoms with E-state index in [9.17, 15) is 14.7 Å². The summed E-state index contributed by atoms with van der Waals surface area (Å²) in [4.78, 5) is 20.9. The van der Waals surface area contributed by atoms with E-state index in [1.165, 1.54) is 25.1 Å². The van der Waals surface area contributed by atoms with Gasteiger partial charge in [-0.1, -0.05) is 23.2 Å². The molecule has 16 heavy (non-hydrogen) atoms. The average Bonchev–Trinajstić information content (AvgIpc) is 2.20. The zero-order valence-electron chi connectivity index (χ0n) is 8.33. The van der Waals surface area contributed by atoms with Gasteiger partial charge >= 0.3 is 0 Å². The second kappa shape index (κ2) is 5.18. The first-order valence-electron chi connectivity index (χ1n) is 4.34. The SMILES string of the molecule is CC(=O)c1ccc(NC(=O)C(Cl)Cl)c(O)c1. The number of aromatic hydroxyl groups is 1. The third kappa shape index (κ3) is 3.12. The van der Waals surface area contributed by atoms with Gasteiger partial charge < -0.3 is 10.4 Å². The minimum Gasteiger partial charge on any atom is -0.506 e. The first-order chi connectivity index (χ1) is 7.41. The minimum atomic E-state index is -1.22. The van der Waals surface area contributed by atoms with Crippen molar-refractivity contribution in [3.63, 3.8) is 0 Å². The Morgan fingerprint density at radius 1 is 1.38 bits per heavy atom. The highest BCUT2D eigenvalue weighted by Crippen LogP contribution is 2.25. The Hall–Kier alpha value is -1.26. The number of alkyl halides is 2. The number of halogens is 2. The monoisotopic (exact) mass is 261 g/mol. The normalized spacial score (nSPS) is 10.2. The van der Waals surface area contributed by atoms with Crippen LogP contribution in [0.3, 0.4) is 0 Å². The lowest BCUT2D eigenvalue weighted by molar-refractivity contribution is -0.114. The Morgan fingerprint density at radius 3 is 2.44 bits per heavy atom. The Balaban J connectivity index is 2.91. The molecule has 1 aromatic carbocycles. The fourth-order valence-electron chi connectivity index (χ4n) is 1.04. The molecule has 0 fully saturated rings. The van der Waals surface area contributed by atoms with Crippen molar-refractivity contribution in [3.8, 4) is 5.75 Å². The maximum absolute atomic E-state index is 11.1. The molecule has 0 atom stereocenters. The maximum atomic E-state index is 11.1. The zero-order chi connectivity index (χ0) is 12.3. The van der Waals surface area contributed by atoms with Gasteiger partial charge in [-0.3, -0.25) is 9.59 Å². The summed E-state index contributed by atoms with van der Waals surface area (Å²) < 4.78 is 0. The van der Waals surface area contributed by atoms with Crippen LogP contribution in [0.2, 0.25) is 0 Å². The molecule has 0 aliphatic rings. The summed E-state index contributed by atoms with van der Waals surface area (Å²) in [6, 6.07) is 4.14. The van der Waals surface area contributed by atoms with Gasteiger partial charge in [-0.2, -0.15) is 0 Å². The first kappa shape index (κ1) is 12.8. The molecule has 1 amide bonds. The van der Waals surface area contributed by atoms with Crippen LogP contribution in [0.25, 0.3) is 0 Å². The summed E-state index contributed by atoms with van der Waals surface area (Å²) >= 11 is 10.7. The van der Waals surface area contributed by atoms with Crippen LogP contribution in [-0.2, 0) is 4.79 Å². The van der Waals surface area contributed by atoms with E-state index in [1.54, 1.807) is 0 Å². The lowest BCUT2D eigenvalue weighted by atomic mass is 10.1. The van der Waals surface area contributed by atoms with E-state index >= 15 is 0 Å². The van der Waals surface area contributed by atoms with E-state index < -0.39 is 10.7 Å². The van der Waals surface area contributed by atoms with E-state index in [0.717, 1.165) is 0 Å². The number of benzene rings is 1. The molecule has 0 aliphatic heterocycles. The molecule has 0 bridgehead atoms. The van der Waals surface area contributed by atoms with Crippen molar-refractivity contribution in [1.29, 1.82) is 0 Å². The van der Waals surface area contributed by atoms with E-state index in [4.69, 9.17) is 23.2 Å². The number of hydrogen-bond acceptors (Lipinski definition) is 3. The molecule has 0 spiro atoms. The standard InChI is InChI=1S/C10H9Cl2NO3/c1-5(14)6-2-3-7(8(15)4-6)13-10(16)9(11)12/h2-4,9,15H,1H3,(H,13,16). The number of nitrogens with one attached hydrogen (secondary N) is 1. The fourth-order valence-corrected chi connectivity index (χ4v) is 1.15. The van der Waals surface area contributed by atoms with Crippen LogP contribution in [0.1, 0.15) is 17.3 Å². The molecule has 6 heteroatoms. The predicted molar refractivity (Wildman–Crippen MR) is 62.2 cm³/mol. The number of Topliss-reactive ketones (excluding diaryl/α,β-unsaturated/α-hetero) is 1. The summed E-state index contributed by atoms with van der Waals surface area (Å²) in [5, 5.41) is 11.8. The van der Waals surface area contributed by atoms with Crippen LogP contribution >= 0.6 is 23.2 Å². The molecule has 2 N–H and O–H groups in total. The molecule has 0 saturated carbocycles. The third-order valence-electron chi connectivity index (χ3n) is 1.86. The van der Waals surface area contributed by atoms with Crippen molar-refractivity contribution < 1.29 is 14.7 Å². The molecule has 4 nitrogen and oxygen atoms in total. The van der Waals surface area contributed by atoms with Gasteiger partial charge in [0, 0.05) is 5.56 Å². The highest BCUT2D eigenvalue weighted by molar-refractivity contribution is 6.54. The van der Waals surface area contributed by atoms with Gasteiger partial charge in [0.05, 0.1) is 5.69 Å². The first-order valence-corrected chi connectivity index (χ1v) is 5.22. The van der Waals surface area contributed by atoms with Crippen LogP contribution in [0, 0.1) is 0 Å². The summed E-state index contributed by atoms with van der Waals surface area (Å²) in [5.74, 6) is -1.04. The van der Waals surface area contributed by atoms with Gasteiger partial charge in [-0.25, -0.2) is 0 Å². The largest absolute Gasteiger partial charge is 0.506 e. The molecular formula is C10H9Cl2NO3. The lowest BCUT2D eigenvalue weighted by Crippen LogP contribution is -2.18. The number of carbonyl (C=O) groups is 2. The molecule has 0 aromatic heterocycles. The third-order valence-corrected chi connectivity index (χ3v) is 2.26. The van der Waals surface area contributed by atoms with Gasteiger partial charge in [0.25, 0.3) is 5.91 Å². The van der Waals surface area contributed by atoms with Gasteiger partial charge in [0.2, 0.25) is 0 Å². The smallest absolute Gasteiger partial charge is 0.257 e. The Kier molecular flexibility index (Phi) is 4.15. The Bertz CT molecular complexity index is 432. The van der Waals surface area contributed by atoms with Crippen molar-refractivity contribution >= 4 is 40.6 Å². The lowest BCUT2D eigenvalue weighted by Gasteiger charge is -2.08. The zero-order valence-corrected chi connectivity index (χ0v) is 9.84. The number of phenolic OH excluding ortho intramolecular Hbond substituents is 1. The topological polar surface area (TPSA) is 66.4 Å². The average molecular weight is 262 g/mol. The summed E-state index contributed by atoms with van der Waals surface area (Å²) in [6.07, 6.45) is 0. The summed E-state index contributed by atoms with van der Waals surface area (Å²) in [6.45, 7) is 1.38. The van der Waals surface area contributed by atoms with E-state index in [0.29, 0.717) is 5.56 Å². The highest BCUT2D eigenvalue weighted by atomic mass is 35.5. The van der Waals surface area contributed by atoms with Gasteiger partial charge in [-0.05, 0) is 25.1 Å². The van der Waals surface area contributed by atoms with Crippen molar-refractivity contribution in [2.45, 2.75) is 11.8 Å². The van der Waals surface area contributed by atoms with E-state index in [1.807, 2.05) is 0 Å². The summed E-state index contributed by atoms with van der Waals surface area (Å²) in [5.41, 5.74) is 0.505. The summed E-state index contributed by atoms with van der Waals surface area (Å²) in [7, 11) is 0. The second-order valence-electron chi connectivity index (χ2n) is 3.08. The molecule has 0 heterocycles. The molecule has 1 aromatic rings. The predicted octanol–water partition coefficient (Wildman–Crippen LogP) is 2.34. The fraction of sp³-hybridized carbons (Fsp3) is 0.200. The molecule has 0 radical (unpaired) electrons. The molecule has 0 saturated heterocycles. The highest BCUT2D eigenvalue weighted by Gasteiger charge is 2.14. The van der Waals surface area contributed by atoms with Crippen LogP contribution in [0.5, 0.6) is 5.75 Å². The van der Waals surface area contributed by atoms with Crippen LogP contribution in [0.15, 0.2) is 18.2 Å². The molecule has 1 rings (SSSR count). The number of carbonyl (C=O) groups excluding carboxylic acids is 2. The van der Waals surface area contributed by atoms with Crippen molar-refractivity contribution in [1.82, 2.24) is 0 Å². The van der Waals surface area contributed by atoms with Crippen molar-refractivity contribution in [3.05, 3.63) is 23.8 Å². The molecule has 86 valence electrons. The Labute approximate surface area is 102 Å². The molecular weight excluding hydrogens is 253 g/mol. The van der Waals surface area contributed by atoms with Crippen molar-refractivity contribution in [2.24, 2.45) is 0 Å². The van der Waals surface area contributed by atoms with Crippen LogP contribution in [0.4, 0.5) is 5.69 Å². The number of ketones is 1. The number of phenols is 1. The van der Waals surface area contributed by atoms with Crippen molar-refractivity contribution in [2.75, 3.05) is 5.32 Å². The van der Waals surface area contributed by atoms with Crippen LogP contribution < -0.4 is 5.32 Å². The molecule has 0 unspecified atom stereocenters. The van der Waals surface area contributed by atoms with E-state index in [2.05, 4.69) is 5.32 Å². The second-order valence-corrected chi connectivity index (χ2v) is 4.17. The number of rotatable bonds is 3. The quantitative estimate of drug-likeness (QED) is 0.499. The van der Waals surface area contributed by atoms with Gasteiger partial charge in [-0.15, -0.1) is 0 Å². The van der Waals surface area contributed by atoms with Gasteiger partial charge in [0.1, 0.15) is 5.75 Å². The minimum absolute atomic E-state index is 0.154. The molecule has 0 aliphatic carbocycles. The van der Waals surface area contributed by atoms with Crippen LogP contribution in [-0.4, -0.2) is 21.6 Å². The van der Waals surface area contributed by atoms with Gasteiger partial charge in [0.15, 0.2) is 10.6 Å². The van der Waals surface area contributed by atoms with E-state index in [-0.39, 0.29) is 17.2 Å². The number of amides is 1. The number of hydrogen-bond donors (Lipinski definition) is 2.